The largest absolute Gasteiger partial charge is 0.494 e. The molecule has 2 aliphatic heterocycles. The Morgan fingerprint density at radius 3 is 2.64 bits per heavy atom. The maximum Gasteiger partial charge on any atom is 0.253 e. The maximum atomic E-state index is 12.8. The van der Waals surface area contributed by atoms with Crippen LogP contribution < -0.4 is 10.1 Å². The molecule has 1 aromatic carbocycles. The predicted molar refractivity (Wildman–Crippen MR) is 87.4 cm³/mol. The number of nitrogens with zero attached hydrogens (tertiary/aromatic N) is 1. The van der Waals surface area contributed by atoms with E-state index in [0.717, 1.165) is 29.7 Å². The fraction of sp³-hybridized carbons (Fsp3) is 0.611. The van der Waals surface area contributed by atoms with Gasteiger partial charge in [0.25, 0.3) is 5.91 Å². The summed E-state index contributed by atoms with van der Waals surface area (Å²) in [5.41, 5.74) is 1.79. The molecule has 2 atom stereocenters. The Kier molecular flexibility index (Phi) is 4.39. The number of fused-ring (bicyclic) bond motifs is 2. The van der Waals surface area contributed by atoms with Crippen LogP contribution >= 0.6 is 0 Å². The summed E-state index contributed by atoms with van der Waals surface area (Å²) < 4.78 is 5.62. The van der Waals surface area contributed by atoms with Gasteiger partial charge in [-0.25, -0.2) is 0 Å². The average Bonchev–Trinajstić information content (AvgIpc) is 2.86. The van der Waals surface area contributed by atoms with Crippen molar-refractivity contribution in [2.75, 3.05) is 13.7 Å². The van der Waals surface area contributed by atoms with Crippen LogP contribution in [0.15, 0.2) is 18.2 Å². The number of piperidine rings is 1. The third kappa shape index (κ3) is 2.98. The minimum Gasteiger partial charge on any atom is -0.494 e. The summed E-state index contributed by atoms with van der Waals surface area (Å²) in [6.07, 6.45) is 4.65. The first-order valence-corrected chi connectivity index (χ1v) is 8.35. The lowest BCUT2D eigenvalue weighted by atomic mass is 9.98. The Morgan fingerprint density at radius 2 is 2.00 bits per heavy atom. The molecule has 0 saturated carbocycles. The molecule has 2 heterocycles. The second-order valence-electron chi connectivity index (χ2n) is 6.59. The molecule has 0 aliphatic carbocycles. The average molecular weight is 302 g/mol. The van der Waals surface area contributed by atoms with E-state index in [-0.39, 0.29) is 5.91 Å². The summed E-state index contributed by atoms with van der Waals surface area (Å²) in [6.45, 7) is 4.59. The number of carbonyl (C=O) groups is 1. The van der Waals surface area contributed by atoms with Crippen LogP contribution in [0.1, 0.15) is 48.5 Å². The molecule has 1 aromatic rings. The molecule has 2 unspecified atom stereocenters. The summed E-state index contributed by atoms with van der Waals surface area (Å²) in [5, 5.41) is 3.63. The second-order valence-corrected chi connectivity index (χ2v) is 6.59. The quantitative estimate of drug-likeness (QED) is 0.930. The van der Waals surface area contributed by atoms with Crippen LogP contribution in [0.2, 0.25) is 0 Å². The molecule has 3 rings (SSSR count). The van der Waals surface area contributed by atoms with E-state index in [1.807, 2.05) is 44.0 Å². The van der Waals surface area contributed by atoms with Crippen molar-refractivity contribution in [3.63, 3.8) is 0 Å². The standard InChI is InChI=1S/C18H26N2O2/c1-4-22-17-9-13(6-5-12(17)2)18(21)20(3)16-10-14-7-8-15(11-16)19-14/h5-6,9,14-16,19H,4,7-8,10-11H2,1-3H3. The van der Waals surface area contributed by atoms with Gasteiger partial charge in [-0.2, -0.15) is 0 Å². The first kappa shape index (κ1) is 15.3. The Labute approximate surface area is 132 Å². The number of carbonyl (C=O) groups excluding carboxylic acids is 1. The Bertz CT molecular complexity index is 546. The smallest absolute Gasteiger partial charge is 0.253 e. The van der Waals surface area contributed by atoms with E-state index in [2.05, 4.69) is 5.32 Å². The van der Waals surface area contributed by atoms with Crippen molar-refractivity contribution in [2.24, 2.45) is 0 Å². The maximum absolute atomic E-state index is 12.8. The molecule has 2 fully saturated rings. The van der Waals surface area contributed by atoms with E-state index >= 15 is 0 Å². The van der Waals surface area contributed by atoms with Crippen molar-refractivity contribution >= 4 is 5.91 Å². The number of nitrogens with one attached hydrogen (secondary N) is 1. The number of ether oxygens (including phenoxy) is 1. The van der Waals surface area contributed by atoms with Crippen LogP contribution in [-0.4, -0.2) is 42.6 Å². The SMILES string of the molecule is CCOc1cc(C(=O)N(C)C2CC3CCC(C2)N3)ccc1C. The lowest BCUT2D eigenvalue weighted by molar-refractivity contribution is 0.0681. The summed E-state index contributed by atoms with van der Waals surface area (Å²) in [5.74, 6) is 0.916. The van der Waals surface area contributed by atoms with Gasteiger partial charge in [0, 0.05) is 30.7 Å². The number of rotatable bonds is 4. The van der Waals surface area contributed by atoms with Gasteiger partial charge in [0.05, 0.1) is 6.61 Å². The molecule has 1 N–H and O–H groups in total. The highest BCUT2D eigenvalue weighted by Gasteiger charge is 2.36. The zero-order valence-corrected chi connectivity index (χ0v) is 13.8. The number of hydrogen-bond acceptors (Lipinski definition) is 3. The zero-order chi connectivity index (χ0) is 15.7. The molecule has 0 radical (unpaired) electrons. The molecular weight excluding hydrogens is 276 g/mol. The lowest BCUT2D eigenvalue weighted by Gasteiger charge is -2.35. The summed E-state index contributed by atoms with van der Waals surface area (Å²) in [7, 11) is 1.94. The minimum atomic E-state index is 0.104. The van der Waals surface area contributed by atoms with E-state index in [1.54, 1.807) is 0 Å². The molecule has 2 saturated heterocycles. The van der Waals surface area contributed by atoms with Crippen LogP contribution in [-0.2, 0) is 0 Å². The van der Waals surface area contributed by atoms with Crippen molar-refractivity contribution in [2.45, 2.75) is 57.7 Å². The van der Waals surface area contributed by atoms with Crippen molar-refractivity contribution in [3.05, 3.63) is 29.3 Å². The predicted octanol–water partition coefficient (Wildman–Crippen LogP) is 2.75. The highest BCUT2D eigenvalue weighted by atomic mass is 16.5. The lowest BCUT2D eigenvalue weighted by Crippen LogP contribution is -2.48. The van der Waals surface area contributed by atoms with Gasteiger partial charge in [-0.05, 0) is 57.2 Å². The van der Waals surface area contributed by atoms with Gasteiger partial charge < -0.3 is 15.0 Å². The Hall–Kier alpha value is -1.55. The summed E-state index contributed by atoms with van der Waals surface area (Å²) >= 11 is 0. The molecular formula is C18H26N2O2. The molecule has 22 heavy (non-hydrogen) atoms. The van der Waals surface area contributed by atoms with E-state index < -0.39 is 0 Å². The van der Waals surface area contributed by atoms with Gasteiger partial charge >= 0.3 is 0 Å². The van der Waals surface area contributed by atoms with Crippen LogP contribution in [0.3, 0.4) is 0 Å². The van der Waals surface area contributed by atoms with Crippen LogP contribution in [0.25, 0.3) is 0 Å². The Morgan fingerprint density at radius 1 is 1.32 bits per heavy atom. The van der Waals surface area contributed by atoms with Gasteiger partial charge in [0.15, 0.2) is 0 Å². The topological polar surface area (TPSA) is 41.6 Å². The molecule has 0 aromatic heterocycles. The van der Waals surface area contributed by atoms with Gasteiger partial charge in [-0.15, -0.1) is 0 Å². The first-order valence-electron chi connectivity index (χ1n) is 8.35. The van der Waals surface area contributed by atoms with Crippen molar-refractivity contribution < 1.29 is 9.53 Å². The third-order valence-corrected chi connectivity index (χ3v) is 5.05. The second kappa shape index (κ2) is 6.29. The molecule has 4 nitrogen and oxygen atoms in total. The van der Waals surface area contributed by atoms with Gasteiger partial charge in [-0.3, -0.25) is 4.79 Å². The van der Waals surface area contributed by atoms with E-state index in [0.29, 0.717) is 24.7 Å². The molecule has 2 aliphatic rings. The normalized spacial score (nSPS) is 26.8. The summed E-state index contributed by atoms with van der Waals surface area (Å²) in [4.78, 5) is 14.7. The third-order valence-electron chi connectivity index (χ3n) is 5.05. The Balaban J connectivity index is 1.74. The fourth-order valence-corrected chi connectivity index (χ4v) is 3.76. The molecule has 4 heteroatoms. The number of aryl methyl sites for hydroxylation is 1. The molecule has 0 spiro atoms. The minimum absolute atomic E-state index is 0.104. The number of benzene rings is 1. The molecule has 120 valence electrons. The highest BCUT2D eigenvalue weighted by Crippen LogP contribution is 2.30. The van der Waals surface area contributed by atoms with E-state index in [1.165, 1.54) is 12.8 Å². The van der Waals surface area contributed by atoms with Crippen molar-refractivity contribution in [1.82, 2.24) is 10.2 Å². The monoisotopic (exact) mass is 302 g/mol. The van der Waals surface area contributed by atoms with Gasteiger partial charge in [0.1, 0.15) is 5.75 Å². The van der Waals surface area contributed by atoms with Crippen LogP contribution in [0.5, 0.6) is 5.75 Å². The van der Waals surface area contributed by atoms with E-state index in [4.69, 9.17) is 4.74 Å². The van der Waals surface area contributed by atoms with Crippen LogP contribution in [0, 0.1) is 6.92 Å². The fourth-order valence-electron chi connectivity index (χ4n) is 3.76. The molecule has 2 bridgehead atoms. The number of hydrogen-bond donors (Lipinski definition) is 1. The highest BCUT2D eigenvalue weighted by molar-refractivity contribution is 5.94. The van der Waals surface area contributed by atoms with Gasteiger partial charge in [-0.1, -0.05) is 6.07 Å². The van der Waals surface area contributed by atoms with Crippen LogP contribution in [0.4, 0.5) is 0 Å². The summed E-state index contributed by atoms with van der Waals surface area (Å²) in [6, 6.07) is 7.30. The zero-order valence-electron chi connectivity index (χ0n) is 13.8. The van der Waals surface area contributed by atoms with Crippen molar-refractivity contribution in [1.29, 1.82) is 0 Å². The first-order chi connectivity index (χ1) is 10.6. The molecule has 1 amide bonds. The van der Waals surface area contributed by atoms with E-state index in [9.17, 15) is 4.79 Å². The van der Waals surface area contributed by atoms with Gasteiger partial charge in [0.2, 0.25) is 0 Å². The van der Waals surface area contributed by atoms with Crippen molar-refractivity contribution in [3.8, 4) is 5.75 Å². The number of amides is 1.